The Morgan fingerprint density at radius 1 is 1.14 bits per heavy atom. The van der Waals surface area contributed by atoms with E-state index in [1.807, 2.05) is 6.07 Å². The average Bonchev–Trinajstić information content (AvgIpc) is 3.32. The summed E-state index contributed by atoms with van der Waals surface area (Å²) in [5, 5.41) is 6.60. The van der Waals surface area contributed by atoms with E-state index in [1.54, 1.807) is 14.2 Å². The second kappa shape index (κ2) is 15.3. The Morgan fingerprint density at radius 3 is 2.67 bits per heavy atom. The molecule has 1 unspecified atom stereocenters. The number of methoxy groups -OCH3 is 2. The molecular weight excluding hydrogens is 460 g/mol. The minimum atomic E-state index is -0.299. The minimum absolute atomic E-state index is 0.0870. The molecule has 2 aliphatic heterocycles. The quantitative estimate of drug-likeness (QED) is 0.368. The lowest BCUT2D eigenvalue weighted by molar-refractivity contribution is 0.0371. The van der Waals surface area contributed by atoms with Crippen LogP contribution in [-0.2, 0) is 20.6 Å². The number of nitrogens with one attached hydrogen (secondary N) is 2. The molecule has 0 aromatic heterocycles. The lowest BCUT2D eigenvalue weighted by atomic mass is 9.80. The molecule has 2 fully saturated rings. The smallest absolute Gasteiger partial charge is 0.407 e. The summed E-state index contributed by atoms with van der Waals surface area (Å²) >= 11 is 0. The lowest BCUT2D eigenvalue weighted by Crippen LogP contribution is -2.42. The van der Waals surface area contributed by atoms with Crippen molar-refractivity contribution >= 4 is 6.09 Å². The summed E-state index contributed by atoms with van der Waals surface area (Å²) in [6.45, 7) is 9.51. The molecule has 3 atom stereocenters. The molecule has 2 saturated heterocycles. The third-order valence-electron chi connectivity index (χ3n) is 7.46. The second-order valence-corrected chi connectivity index (χ2v) is 10.4. The molecule has 8 nitrogen and oxygen atoms in total. The summed E-state index contributed by atoms with van der Waals surface area (Å²) in [5.41, 5.74) is 1.24. The number of amides is 1. The van der Waals surface area contributed by atoms with Crippen LogP contribution < -0.4 is 20.1 Å². The largest absolute Gasteiger partial charge is 0.493 e. The van der Waals surface area contributed by atoms with Crippen LogP contribution in [0.1, 0.15) is 45.1 Å². The van der Waals surface area contributed by atoms with Gasteiger partial charge >= 0.3 is 6.09 Å². The zero-order valence-electron chi connectivity index (χ0n) is 22.6. The molecule has 0 radical (unpaired) electrons. The number of carbonyl (C=O) groups is 1. The number of ether oxygens (including phenoxy) is 5. The van der Waals surface area contributed by atoms with Gasteiger partial charge in [-0.1, -0.05) is 19.9 Å². The molecule has 3 rings (SSSR count). The van der Waals surface area contributed by atoms with Gasteiger partial charge in [-0.2, -0.15) is 0 Å². The summed E-state index contributed by atoms with van der Waals surface area (Å²) < 4.78 is 27.6. The Morgan fingerprint density at radius 2 is 1.94 bits per heavy atom. The minimum Gasteiger partial charge on any atom is -0.493 e. The van der Waals surface area contributed by atoms with Gasteiger partial charge in [-0.25, -0.2) is 4.79 Å². The van der Waals surface area contributed by atoms with E-state index >= 15 is 0 Å². The normalized spacial score (nSPS) is 21.4. The van der Waals surface area contributed by atoms with Gasteiger partial charge in [0.15, 0.2) is 11.5 Å². The zero-order chi connectivity index (χ0) is 25.8. The number of alkyl carbamates (subject to hydrolysis) is 1. The SMILES string of the molecule is COCCCOc1cc(CC(C[C@@H]2CNC[C@H]2NC(=O)OCC2CCOCC2)C(C)C)ccc1OC. The summed E-state index contributed by atoms with van der Waals surface area (Å²) in [7, 11) is 3.37. The average molecular weight is 507 g/mol. The van der Waals surface area contributed by atoms with Crippen molar-refractivity contribution in [3.05, 3.63) is 23.8 Å². The monoisotopic (exact) mass is 506 g/mol. The Balaban J connectivity index is 1.54. The molecule has 2 heterocycles. The molecule has 0 spiro atoms. The summed E-state index contributed by atoms with van der Waals surface area (Å²) in [4.78, 5) is 12.5. The van der Waals surface area contributed by atoms with Crippen molar-refractivity contribution in [1.82, 2.24) is 10.6 Å². The van der Waals surface area contributed by atoms with E-state index < -0.39 is 0 Å². The molecule has 1 amide bonds. The van der Waals surface area contributed by atoms with Crippen molar-refractivity contribution in [2.45, 2.75) is 52.0 Å². The number of rotatable bonds is 14. The highest BCUT2D eigenvalue weighted by Crippen LogP contribution is 2.32. The number of carbonyl (C=O) groups excluding carboxylic acids is 1. The maximum absolute atomic E-state index is 12.5. The Hall–Kier alpha value is -2.03. The molecule has 0 aliphatic carbocycles. The van der Waals surface area contributed by atoms with E-state index in [1.165, 1.54) is 5.56 Å². The molecule has 0 saturated carbocycles. The van der Waals surface area contributed by atoms with Gasteiger partial charge in [0, 0.05) is 52.5 Å². The van der Waals surface area contributed by atoms with Crippen LogP contribution in [0.2, 0.25) is 0 Å². The molecule has 8 heteroatoms. The first kappa shape index (κ1) is 28.5. The van der Waals surface area contributed by atoms with Crippen molar-refractivity contribution in [2.24, 2.45) is 23.7 Å². The predicted octanol–water partition coefficient (Wildman–Crippen LogP) is 4.06. The van der Waals surface area contributed by atoms with Gasteiger partial charge in [0.25, 0.3) is 0 Å². The van der Waals surface area contributed by atoms with Crippen molar-refractivity contribution in [3.8, 4) is 11.5 Å². The van der Waals surface area contributed by atoms with Crippen LogP contribution in [0.25, 0.3) is 0 Å². The zero-order valence-corrected chi connectivity index (χ0v) is 22.6. The van der Waals surface area contributed by atoms with Crippen LogP contribution in [-0.4, -0.2) is 72.5 Å². The van der Waals surface area contributed by atoms with Crippen LogP contribution in [0.4, 0.5) is 4.79 Å². The van der Waals surface area contributed by atoms with E-state index in [9.17, 15) is 4.79 Å². The van der Waals surface area contributed by atoms with E-state index in [0.29, 0.717) is 43.5 Å². The number of hydrogen-bond donors (Lipinski definition) is 2. The van der Waals surface area contributed by atoms with E-state index in [2.05, 4.69) is 36.6 Å². The molecule has 0 bridgehead atoms. The maximum Gasteiger partial charge on any atom is 0.407 e. The van der Waals surface area contributed by atoms with E-state index in [4.69, 9.17) is 23.7 Å². The number of hydrogen-bond acceptors (Lipinski definition) is 7. The molecule has 1 aromatic rings. The van der Waals surface area contributed by atoms with Gasteiger partial charge < -0.3 is 34.3 Å². The highest BCUT2D eigenvalue weighted by Gasteiger charge is 2.32. The van der Waals surface area contributed by atoms with Gasteiger partial charge in [-0.05, 0) is 67.1 Å². The topological polar surface area (TPSA) is 87.3 Å². The molecule has 2 N–H and O–H groups in total. The predicted molar refractivity (Wildman–Crippen MR) is 140 cm³/mol. The summed E-state index contributed by atoms with van der Waals surface area (Å²) in [6, 6.07) is 6.32. The number of benzene rings is 1. The maximum atomic E-state index is 12.5. The highest BCUT2D eigenvalue weighted by molar-refractivity contribution is 5.67. The van der Waals surface area contributed by atoms with Crippen molar-refractivity contribution in [3.63, 3.8) is 0 Å². The molecule has 2 aliphatic rings. The fourth-order valence-electron chi connectivity index (χ4n) is 5.08. The summed E-state index contributed by atoms with van der Waals surface area (Å²) in [6.07, 6.45) is 4.44. The van der Waals surface area contributed by atoms with Crippen LogP contribution >= 0.6 is 0 Å². The summed E-state index contributed by atoms with van der Waals surface area (Å²) in [5.74, 6) is 3.30. The van der Waals surface area contributed by atoms with E-state index in [0.717, 1.165) is 69.9 Å². The van der Waals surface area contributed by atoms with Gasteiger partial charge in [0.1, 0.15) is 0 Å². The molecule has 36 heavy (non-hydrogen) atoms. The first-order chi connectivity index (χ1) is 17.5. The standard InChI is InChI=1S/C28H46N2O6/c1-20(2)23(14-22-6-7-26(33-4)27(15-22)35-11-5-10-32-3)16-24-17-29-18-25(24)30-28(31)36-19-21-8-12-34-13-9-21/h6-7,15,20-21,23-25,29H,5,8-14,16-19H2,1-4H3,(H,30,31)/t23?,24-,25-/m1/s1. The molecule has 1 aromatic carbocycles. The van der Waals surface area contributed by atoms with Crippen LogP contribution in [0.3, 0.4) is 0 Å². The van der Waals surface area contributed by atoms with Crippen molar-refractivity contribution in [2.75, 3.05) is 60.3 Å². The van der Waals surface area contributed by atoms with Crippen LogP contribution in [0.5, 0.6) is 11.5 Å². The van der Waals surface area contributed by atoms with Gasteiger partial charge in [-0.15, -0.1) is 0 Å². The fourth-order valence-corrected chi connectivity index (χ4v) is 5.08. The van der Waals surface area contributed by atoms with Crippen LogP contribution in [0, 0.1) is 23.7 Å². The van der Waals surface area contributed by atoms with Gasteiger partial charge in [0.2, 0.25) is 0 Å². The van der Waals surface area contributed by atoms with Gasteiger partial charge in [-0.3, -0.25) is 0 Å². The Kier molecular flexibility index (Phi) is 12.1. The van der Waals surface area contributed by atoms with Crippen molar-refractivity contribution in [1.29, 1.82) is 0 Å². The molecular formula is C28H46N2O6. The van der Waals surface area contributed by atoms with E-state index in [-0.39, 0.29) is 12.1 Å². The van der Waals surface area contributed by atoms with Crippen LogP contribution in [0.15, 0.2) is 18.2 Å². The first-order valence-electron chi connectivity index (χ1n) is 13.5. The third kappa shape index (κ3) is 9.12. The van der Waals surface area contributed by atoms with Crippen molar-refractivity contribution < 1.29 is 28.5 Å². The second-order valence-electron chi connectivity index (χ2n) is 10.4. The lowest BCUT2D eigenvalue weighted by Gasteiger charge is -2.28. The Labute approximate surface area is 216 Å². The highest BCUT2D eigenvalue weighted by atomic mass is 16.5. The Bertz CT molecular complexity index is 783. The first-order valence-corrected chi connectivity index (χ1v) is 13.5. The van der Waals surface area contributed by atoms with Gasteiger partial charge in [0.05, 0.1) is 20.3 Å². The molecule has 204 valence electrons. The fraction of sp³-hybridized carbons (Fsp3) is 0.750. The third-order valence-corrected chi connectivity index (χ3v) is 7.46.